The van der Waals surface area contributed by atoms with Gasteiger partial charge in [0.2, 0.25) is 17.7 Å². The molecule has 4 aliphatic rings. The SMILES string of the molecule is CCc1cccc(CN2C(=O)C3C(C(=O)Nc4cc(C)cc(C)c4)C4C=CC3(O4)C2C(=O)NC2CCCC(C)C2C)c1. The molecule has 3 heterocycles. The quantitative estimate of drug-likeness (QED) is 0.455. The summed E-state index contributed by atoms with van der Waals surface area (Å²) in [4.78, 5) is 44.2. The van der Waals surface area contributed by atoms with Crippen LogP contribution in [-0.4, -0.2) is 46.4 Å². The van der Waals surface area contributed by atoms with Crippen LogP contribution in [0.1, 0.15) is 62.3 Å². The Balaban J connectivity index is 1.34. The second-order valence-electron chi connectivity index (χ2n) is 13.1. The first-order chi connectivity index (χ1) is 20.1. The number of rotatable bonds is 7. The van der Waals surface area contributed by atoms with Crippen molar-refractivity contribution in [2.45, 2.75) is 90.6 Å². The fourth-order valence-corrected chi connectivity index (χ4v) is 7.90. The predicted octanol–water partition coefficient (Wildman–Crippen LogP) is 5.10. The summed E-state index contributed by atoms with van der Waals surface area (Å²) in [7, 11) is 0. The standard InChI is InChI=1S/C35H43N3O4/c1-6-24-10-8-11-25(18-24)19-38-31(33(40)37-27-12-7-9-22(4)23(27)5)35-14-13-28(42-35)29(30(35)34(38)41)32(39)36-26-16-20(2)15-21(3)17-26/h8,10-11,13-18,22-23,27-31H,6-7,9,12,19H2,1-5H3,(H,36,39)(H,37,40). The Morgan fingerprint density at radius 2 is 1.76 bits per heavy atom. The first-order valence-electron chi connectivity index (χ1n) is 15.6. The van der Waals surface area contributed by atoms with Crippen molar-refractivity contribution in [1.82, 2.24) is 10.2 Å². The largest absolute Gasteiger partial charge is 0.359 e. The number of amides is 3. The summed E-state index contributed by atoms with van der Waals surface area (Å²) in [6.45, 7) is 10.8. The van der Waals surface area contributed by atoms with E-state index in [2.05, 4.69) is 49.6 Å². The maximum absolute atomic E-state index is 14.4. The lowest BCUT2D eigenvalue weighted by Gasteiger charge is -2.38. The fourth-order valence-electron chi connectivity index (χ4n) is 7.90. The fraction of sp³-hybridized carbons (Fsp3) is 0.514. The van der Waals surface area contributed by atoms with Crippen molar-refractivity contribution in [3.05, 3.63) is 76.9 Å². The molecule has 7 heteroatoms. The van der Waals surface area contributed by atoms with Gasteiger partial charge in [0.15, 0.2) is 0 Å². The normalized spacial score (nSPS) is 33.1. The number of likely N-dealkylation sites (tertiary alicyclic amines) is 1. The van der Waals surface area contributed by atoms with E-state index in [1.807, 2.05) is 50.3 Å². The third-order valence-corrected chi connectivity index (χ3v) is 10.2. The number of aryl methyl sites for hydroxylation is 3. The Kier molecular flexibility index (Phi) is 7.50. The molecular formula is C35H43N3O4. The van der Waals surface area contributed by atoms with E-state index < -0.39 is 29.6 Å². The third-order valence-electron chi connectivity index (χ3n) is 10.2. The van der Waals surface area contributed by atoms with Crippen LogP contribution in [0.4, 0.5) is 5.69 Å². The number of fused-ring (bicyclic) bond motifs is 1. The van der Waals surface area contributed by atoms with Crippen molar-refractivity contribution < 1.29 is 19.1 Å². The molecule has 2 saturated heterocycles. The van der Waals surface area contributed by atoms with E-state index in [1.54, 1.807) is 4.90 Å². The number of nitrogens with one attached hydrogen (secondary N) is 2. The van der Waals surface area contributed by atoms with Gasteiger partial charge in [-0.25, -0.2) is 0 Å². The van der Waals surface area contributed by atoms with Crippen molar-refractivity contribution >= 4 is 23.4 Å². The van der Waals surface area contributed by atoms with E-state index in [0.717, 1.165) is 42.4 Å². The van der Waals surface area contributed by atoms with E-state index in [0.29, 0.717) is 17.5 Å². The summed E-state index contributed by atoms with van der Waals surface area (Å²) in [5.74, 6) is -1.28. The zero-order chi connectivity index (χ0) is 29.8. The molecule has 3 aliphatic heterocycles. The summed E-state index contributed by atoms with van der Waals surface area (Å²) in [6, 6.07) is 13.3. The molecule has 2 N–H and O–H groups in total. The number of anilines is 1. The number of hydrogen-bond donors (Lipinski definition) is 2. The van der Waals surface area contributed by atoms with Gasteiger partial charge in [-0.05, 0) is 72.9 Å². The minimum Gasteiger partial charge on any atom is -0.359 e. The van der Waals surface area contributed by atoms with Crippen LogP contribution in [0.15, 0.2) is 54.6 Å². The van der Waals surface area contributed by atoms with Crippen LogP contribution in [0, 0.1) is 37.5 Å². The molecule has 0 aromatic heterocycles. The van der Waals surface area contributed by atoms with Gasteiger partial charge in [0.1, 0.15) is 11.6 Å². The molecule has 6 rings (SSSR count). The van der Waals surface area contributed by atoms with Crippen molar-refractivity contribution in [1.29, 1.82) is 0 Å². The minimum atomic E-state index is -1.18. The van der Waals surface area contributed by atoms with Crippen molar-refractivity contribution in [2.75, 3.05) is 5.32 Å². The lowest BCUT2D eigenvalue weighted by atomic mass is 9.73. The van der Waals surface area contributed by atoms with Gasteiger partial charge >= 0.3 is 0 Å². The zero-order valence-corrected chi connectivity index (χ0v) is 25.4. The first-order valence-corrected chi connectivity index (χ1v) is 15.6. The monoisotopic (exact) mass is 569 g/mol. The van der Waals surface area contributed by atoms with E-state index in [-0.39, 0.29) is 30.3 Å². The Morgan fingerprint density at radius 1 is 1.02 bits per heavy atom. The summed E-state index contributed by atoms with van der Waals surface area (Å²) < 4.78 is 6.56. The number of carbonyl (C=O) groups is 3. The number of carbonyl (C=O) groups excluding carboxylic acids is 3. The smallest absolute Gasteiger partial charge is 0.246 e. The number of ether oxygens (including phenoxy) is 1. The molecule has 222 valence electrons. The number of benzene rings is 2. The van der Waals surface area contributed by atoms with Gasteiger partial charge in [-0.15, -0.1) is 0 Å². The summed E-state index contributed by atoms with van der Waals surface area (Å²) >= 11 is 0. The second kappa shape index (κ2) is 11.0. The third kappa shape index (κ3) is 4.85. The molecule has 1 saturated carbocycles. The van der Waals surface area contributed by atoms with Crippen LogP contribution in [0.3, 0.4) is 0 Å². The highest BCUT2D eigenvalue weighted by atomic mass is 16.5. The van der Waals surface area contributed by atoms with Gasteiger partial charge < -0.3 is 20.3 Å². The molecule has 8 atom stereocenters. The van der Waals surface area contributed by atoms with Crippen LogP contribution in [0.25, 0.3) is 0 Å². The van der Waals surface area contributed by atoms with E-state index in [1.165, 1.54) is 5.56 Å². The highest BCUT2D eigenvalue weighted by molar-refractivity contribution is 6.02. The van der Waals surface area contributed by atoms with Crippen molar-refractivity contribution in [2.24, 2.45) is 23.7 Å². The van der Waals surface area contributed by atoms with Crippen LogP contribution in [0.5, 0.6) is 0 Å². The average molecular weight is 570 g/mol. The highest BCUT2D eigenvalue weighted by Crippen LogP contribution is 2.55. The summed E-state index contributed by atoms with van der Waals surface area (Å²) in [6.07, 6.45) is 7.24. The van der Waals surface area contributed by atoms with Gasteiger partial charge in [0.25, 0.3) is 0 Å². The van der Waals surface area contributed by atoms with Crippen LogP contribution in [0.2, 0.25) is 0 Å². The van der Waals surface area contributed by atoms with Gasteiger partial charge in [-0.2, -0.15) is 0 Å². The topological polar surface area (TPSA) is 87.7 Å². The van der Waals surface area contributed by atoms with Crippen LogP contribution < -0.4 is 10.6 Å². The Morgan fingerprint density at radius 3 is 2.50 bits per heavy atom. The van der Waals surface area contributed by atoms with Gasteiger partial charge in [0, 0.05) is 18.3 Å². The lowest BCUT2D eigenvalue weighted by Crippen LogP contribution is -2.57. The Labute approximate surface area is 249 Å². The van der Waals surface area contributed by atoms with E-state index >= 15 is 0 Å². The second-order valence-corrected chi connectivity index (χ2v) is 13.1. The molecule has 3 fully saturated rings. The molecule has 2 aromatic carbocycles. The van der Waals surface area contributed by atoms with Gasteiger partial charge in [0.05, 0.1) is 17.9 Å². The molecule has 2 aromatic rings. The summed E-state index contributed by atoms with van der Waals surface area (Å²) in [5.41, 5.74) is 3.75. The molecule has 1 spiro atoms. The number of nitrogens with zero attached hydrogens (tertiary/aromatic N) is 1. The van der Waals surface area contributed by atoms with Crippen molar-refractivity contribution in [3.8, 4) is 0 Å². The van der Waals surface area contributed by atoms with Gasteiger partial charge in [-0.3, -0.25) is 14.4 Å². The Bertz CT molecular complexity index is 1410. The molecule has 3 amide bonds. The lowest BCUT2D eigenvalue weighted by molar-refractivity contribution is -0.142. The van der Waals surface area contributed by atoms with Gasteiger partial charge in [-0.1, -0.05) is 76.1 Å². The van der Waals surface area contributed by atoms with E-state index in [9.17, 15) is 14.4 Å². The minimum absolute atomic E-state index is 0.0447. The zero-order valence-electron chi connectivity index (χ0n) is 25.4. The Hall–Kier alpha value is -3.45. The first kappa shape index (κ1) is 28.7. The summed E-state index contributed by atoms with van der Waals surface area (Å²) in [5, 5.41) is 6.40. The molecule has 2 bridgehead atoms. The molecular weight excluding hydrogens is 526 g/mol. The van der Waals surface area contributed by atoms with E-state index in [4.69, 9.17) is 4.74 Å². The van der Waals surface area contributed by atoms with Crippen LogP contribution >= 0.6 is 0 Å². The molecule has 8 unspecified atom stereocenters. The molecule has 7 nitrogen and oxygen atoms in total. The highest BCUT2D eigenvalue weighted by Gasteiger charge is 2.72. The molecule has 42 heavy (non-hydrogen) atoms. The van der Waals surface area contributed by atoms with Crippen molar-refractivity contribution in [3.63, 3.8) is 0 Å². The predicted molar refractivity (Wildman–Crippen MR) is 163 cm³/mol. The molecule has 1 aliphatic carbocycles. The number of hydrogen-bond acceptors (Lipinski definition) is 4. The maximum Gasteiger partial charge on any atom is 0.246 e. The van der Waals surface area contributed by atoms with Crippen LogP contribution in [-0.2, 0) is 32.1 Å². The molecule has 0 radical (unpaired) electrons. The maximum atomic E-state index is 14.4. The average Bonchev–Trinajstić information content (AvgIpc) is 3.58.